The highest BCUT2D eigenvalue weighted by molar-refractivity contribution is 9.10. The number of hydrogen-bond acceptors (Lipinski definition) is 3. The Hall–Kier alpha value is -0.710. The molecule has 0 aliphatic rings. The number of halogens is 1. The molecule has 1 heterocycles. The van der Waals surface area contributed by atoms with Crippen LogP contribution in [-0.4, -0.2) is 11.4 Å². The lowest BCUT2D eigenvalue weighted by atomic mass is 10.2. The van der Waals surface area contributed by atoms with Crippen molar-refractivity contribution in [1.29, 1.82) is 0 Å². The van der Waals surface area contributed by atoms with E-state index in [2.05, 4.69) is 15.9 Å². The smallest absolute Gasteiger partial charge is 0.160 e. The third kappa shape index (κ3) is 1.49. The van der Waals surface area contributed by atoms with Crippen LogP contribution < -0.4 is 0 Å². The van der Waals surface area contributed by atoms with Gasteiger partial charge in [0.1, 0.15) is 0 Å². The quantitative estimate of drug-likeness (QED) is 0.852. The molecule has 72 valence electrons. The van der Waals surface area contributed by atoms with Crippen LogP contribution >= 0.6 is 27.3 Å². The van der Waals surface area contributed by atoms with Crippen LogP contribution in [0.15, 0.2) is 22.7 Å². The Balaban J connectivity index is 2.79. The highest BCUT2D eigenvalue weighted by Gasteiger charge is 2.08. The zero-order valence-corrected chi connectivity index (χ0v) is 9.56. The number of aliphatic hydroxyl groups is 1. The van der Waals surface area contributed by atoms with Gasteiger partial charge in [-0.05, 0) is 17.5 Å². The molecule has 2 nitrogen and oxygen atoms in total. The summed E-state index contributed by atoms with van der Waals surface area (Å²) in [6.07, 6.45) is 0.833. The first kappa shape index (κ1) is 9.83. The van der Waals surface area contributed by atoms with Gasteiger partial charge < -0.3 is 5.11 Å². The van der Waals surface area contributed by atoms with Gasteiger partial charge in [-0.25, -0.2) is 0 Å². The first-order valence-electron chi connectivity index (χ1n) is 4.03. The number of thiophene rings is 1. The minimum Gasteiger partial charge on any atom is -0.392 e. The first-order valence-corrected chi connectivity index (χ1v) is 5.64. The van der Waals surface area contributed by atoms with Crippen molar-refractivity contribution >= 4 is 43.6 Å². The second-order valence-corrected chi connectivity index (χ2v) is 4.81. The molecule has 0 aliphatic heterocycles. The van der Waals surface area contributed by atoms with Crippen LogP contribution in [0.3, 0.4) is 0 Å². The molecule has 0 spiro atoms. The van der Waals surface area contributed by atoms with Gasteiger partial charge in [-0.1, -0.05) is 22.0 Å². The summed E-state index contributed by atoms with van der Waals surface area (Å²) in [6.45, 7) is -0.0171. The zero-order valence-electron chi connectivity index (χ0n) is 7.16. The molecule has 1 aromatic heterocycles. The summed E-state index contributed by atoms with van der Waals surface area (Å²) in [7, 11) is 0. The molecule has 1 N–H and O–H groups in total. The van der Waals surface area contributed by atoms with E-state index < -0.39 is 0 Å². The van der Waals surface area contributed by atoms with Crippen molar-refractivity contribution in [2.45, 2.75) is 6.61 Å². The summed E-state index contributed by atoms with van der Waals surface area (Å²) in [4.78, 5) is 11.3. The minimum absolute atomic E-state index is 0.0171. The SMILES string of the molecule is O=Cc1cc2ccc(Br)c(CO)c2s1. The van der Waals surface area contributed by atoms with Crippen molar-refractivity contribution in [3.8, 4) is 0 Å². The fourth-order valence-electron chi connectivity index (χ4n) is 1.36. The van der Waals surface area contributed by atoms with E-state index >= 15 is 0 Å². The van der Waals surface area contributed by atoms with E-state index in [4.69, 9.17) is 0 Å². The van der Waals surface area contributed by atoms with E-state index in [0.29, 0.717) is 4.88 Å². The Morgan fingerprint density at radius 3 is 2.93 bits per heavy atom. The number of aliphatic hydroxyl groups excluding tert-OH is 1. The summed E-state index contributed by atoms with van der Waals surface area (Å²) in [6, 6.07) is 5.65. The van der Waals surface area contributed by atoms with Gasteiger partial charge in [-0.2, -0.15) is 0 Å². The Morgan fingerprint density at radius 1 is 1.50 bits per heavy atom. The maximum atomic E-state index is 10.6. The number of benzene rings is 1. The molecule has 0 atom stereocenters. The molecule has 0 saturated carbocycles. The fraction of sp³-hybridized carbons (Fsp3) is 0.100. The number of aldehydes is 1. The van der Waals surface area contributed by atoms with Gasteiger partial charge in [0.25, 0.3) is 0 Å². The Labute approximate surface area is 93.3 Å². The molecule has 0 fully saturated rings. The third-order valence-corrected chi connectivity index (χ3v) is 3.90. The van der Waals surface area contributed by atoms with E-state index in [1.807, 2.05) is 18.2 Å². The predicted octanol–water partition coefficient (Wildman–Crippen LogP) is 2.97. The Kier molecular flexibility index (Phi) is 2.67. The topological polar surface area (TPSA) is 37.3 Å². The van der Waals surface area contributed by atoms with Crippen LogP contribution in [0.4, 0.5) is 0 Å². The molecular weight excluding hydrogens is 264 g/mol. The summed E-state index contributed by atoms with van der Waals surface area (Å²) < 4.78 is 1.86. The molecule has 1 aromatic carbocycles. The van der Waals surface area contributed by atoms with E-state index in [9.17, 15) is 9.90 Å². The number of carbonyl (C=O) groups excluding carboxylic acids is 1. The highest BCUT2D eigenvalue weighted by Crippen LogP contribution is 2.32. The predicted molar refractivity (Wildman–Crippen MR) is 60.8 cm³/mol. The van der Waals surface area contributed by atoms with Crippen LogP contribution in [0.5, 0.6) is 0 Å². The molecule has 2 rings (SSSR count). The fourth-order valence-corrected chi connectivity index (χ4v) is 2.96. The van der Waals surface area contributed by atoms with Crippen molar-refractivity contribution in [3.05, 3.63) is 33.1 Å². The number of hydrogen-bond donors (Lipinski definition) is 1. The van der Waals surface area contributed by atoms with Gasteiger partial charge in [-0.15, -0.1) is 11.3 Å². The van der Waals surface area contributed by atoms with Crippen LogP contribution in [0, 0.1) is 0 Å². The number of rotatable bonds is 2. The normalized spacial score (nSPS) is 10.7. The molecule has 0 radical (unpaired) electrons. The Bertz CT molecular complexity index is 490. The maximum absolute atomic E-state index is 10.6. The van der Waals surface area contributed by atoms with E-state index in [1.165, 1.54) is 11.3 Å². The second-order valence-electron chi connectivity index (χ2n) is 2.87. The van der Waals surface area contributed by atoms with Crippen LogP contribution in [0.25, 0.3) is 10.1 Å². The second kappa shape index (κ2) is 3.81. The van der Waals surface area contributed by atoms with Crippen LogP contribution in [-0.2, 0) is 6.61 Å². The molecule has 0 bridgehead atoms. The lowest BCUT2D eigenvalue weighted by molar-refractivity contribution is 0.112. The van der Waals surface area contributed by atoms with Crippen molar-refractivity contribution in [2.75, 3.05) is 0 Å². The number of fused-ring (bicyclic) bond motifs is 1. The van der Waals surface area contributed by atoms with E-state index in [0.717, 1.165) is 26.4 Å². The van der Waals surface area contributed by atoms with Gasteiger partial charge >= 0.3 is 0 Å². The molecule has 0 saturated heterocycles. The standard InChI is InChI=1S/C10H7BrO2S/c11-9-2-1-6-3-7(4-12)14-10(6)8(9)5-13/h1-4,13H,5H2. The van der Waals surface area contributed by atoms with Gasteiger partial charge in [0, 0.05) is 14.7 Å². The third-order valence-electron chi connectivity index (χ3n) is 2.03. The molecule has 0 unspecified atom stereocenters. The monoisotopic (exact) mass is 270 g/mol. The van der Waals surface area contributed by atoms with Gasteiger partial charge in [0.05, 0.1) is 11.5 Å². The lowest BCUT2D eigenvalue weighted by Gasteiger charge is -2.00. The average Bonchev–Trinajstić information content (AvgIpc) is 2.60. The van der Waals surface area contributed by atoms with Gasteiger partial charge in [0.15, 0.2) is 6.29 Å². The summed E-state index contributed by atoms with van der Waals surface area (Å²) in [5.74, 6) is 0. The summed E-state index contributed by atoms with van der Waals surface area (Å²) in [5, 5.41) is 10.2. The number of carbonyl (C=O) groups is 1. The molecular formula is C10H7BrO2S. The van der Waals surface area contributed by atoms with Crippen molar-refractivity contribution in [1.82, 2.24) is 0 Å². The van der Waals surface area contributed by atoms with Crippen LogP contribution in [0.2, 0.25) is 0 Å². The van der Waals surface area contributed by atoms with Gasteiger partial charge in [0.2, 0.25) is 0 Å². The molecule has 0 amide bonds. The van der Waals surface area contributed by atoms with Gasteiger partial charge in [-0.3, -0.25) is 4.79 Å². The molecule has 4 heteroatoms. The van der Waals surface area contributed by atoms with E-state index in [-0.39, 0.29) is 6.61 Å². The summed E-state index contributed by atoms with van der Waals surface area (Å²) in [5.41, 5.74) is 0.848. The summed E-state index contributed by atoms with van der Waals surface area (Å²) >= 11 is 4.77. The highest BCUT2D eigenvalue weighted by atomic mass is 79.9. The van der Waals surface area contributed by atoms with E-state index in [1.54, 1.807) is 0 Å². The Morgan fingerprint density at radius 2 is 2.29 bits per heavy atom. The maximum Gasteiger partial charge on any atom is 0.160 e. The molecule has 0 aliphatic carbocycles. The molecule has 2 aromatic rings. The van der Waals surface area contributed by atoms with Crippen molar-refractivity contribution < 1.29 is 9.90 Å². The van der Waals surface area contributed by atoms with Crippen molar-refractivity contribution in [3.63, 3.8) is 0 Å². The van der Waals surface area contributed by atoms with Crippen molar-refractivity contribution in [2.24, 2.45) is 0 Å². The first-order chi connectivity index (χ1) is 6.76. The largest absolute Gasteiger partial charge is 0.392 e. The lowest BCUT2D eigenvalue weighted by Crippen LogP contribution is -1.84. The minimum atomic E-state index is -0.0171. The van der Waals surface area contributed by atoms with Crippen LogP contribution in [0.1, 0.15) is 15.2 Å². The average molecular weight is 271 g/mol. The molecule has 14 heavy (non-hydrogen) atoms. The zero-order chi connectivity index (χ0) is 10.1.